The quantitative estimate of drug-likeness (QED) is 0.757. The molecule has 2 N–H and O–H groups in total. The summed E-state index contributed by atoms with van der Waals surface area (Å²) >= 11 is 0. The predicted molar refractivity (Wildman–Crippen MR) is 67.0 cm³/mol. The van der Waals surface area contributed by atoms with Gasteiger partial charge in [-0.25, -0.2) is 0 Å². The predicted octanol–water partition coefficient (Wildman–Crippen LogP) is 1.17. The highest BCUT2D eigenvalue weighted by atomic mass is 16.4. The van der Waals surface area contributed by atoms with E-state index in [1.807, 2.05) is 0 Å². The molecule has 0 bridgehead atoms. The van der Waals surface area contributed by atoms with Gasteiger partial charge < -0.3 is 15.3 Å². The van der Waals surface area contributed by atoms with Crippen LogP contribution in [0.5, 0.6) is 0 Å². The molecule has 98 valence electrons. The van der Waals surface area contributed by atoms with E-state index < -0.39 is 5.97 Å². The molecule has 1 saturated heterocycles. The number of nitrogens with zero attached hydrogens (tertiary/aromatic N) is 1. The number of nitrogens with one attached hydrogen (secondary N) is 1. The maximum Gasteiger partial charge on any atom is 0.308 e. The van der Waals surface area contributed by atoms with E-state index in [0.29, 0.717) is 18.5 Å². The Morgan fingerprint density at radius 3 is 2.65 bits per heavy atom. The molecule has 0 aromatic heterocycles. The van der Waals surface area contributed by atoms with Gasteiger partial charge in [-0.05, 0) is 38.8 Å². The second-order valence-electron chi connectivity index (χ2n) is 5.65. The third-order valence-corrected chi connectivity index (χ3v) is 4.30. The Morgan fingerprint density at radius 2 is 2.12 bits per heavy atom. The summed E-state index contributed by atoms with van der Waals surface area (Å²) in [6.07, 6.45) is 6.05. The molecule has 0 spiro atoms. The van der Waals surface area contributed by atoms with Crippen LogP contribution in [-0.2, 0) is 4.79 Å². The maximum absolute atomic E-state index is 11.3. The van der Waals surface area contributed by atoms with E-state index in [4.69, 9.17) is 0 Å². The molecule has 0 aromatic rings. The molecule has 2 aliphatic rings. The molecule has 2 atom stereocenters. The first-order valence-electron chi connectivity index (χ1n) is 6.81. The lowest BCUT2D eigenvalue weighted by molar-refractivity contribution is -0.143. The van der Waals surface area contributed by atoms with Gasteiger partial charge >= 0.3 is 5.97 Å². The van der Waals surface area contributed by atoms with Crippen LogP contribution >= 0.6 is 0 Å². The van der Waals surface area contributed by atoms with Crippen molar-refractivity contribution in [3.63, 3.8) is 0 Å². The second kappa shape index (κ2) is 5.83. The van der Waals surface area contributed by atoms with Gasteiger partial charge in [-0.15, -0.1) is 0 Å². The van der Waals surface area contributed by atoms with E-state index in [2.05, 4.69) is 17.3 Å². The fourth-order valence-corrected chi connectivity index (χ4v) is 3.18. The lowest BCUT2D eigenvalue weighted by Crippen LogP contribution is -2.38. The van der Waals surface area contributed by atoms with Crippen molar-refractivity contribution in [2.75, 3.05) is 26.7 Å². The summed E-state index contributed by atoms with van der Waals surface area (Å²) in [6.45, 7) is 2.62. The molecule has 2 rings (SSSR count). The summed E-state index contributed by atoms with van der Waals surface area (Å²) in [5.41, 5.74) is 0. The summed E-state index contributed by atoms with van der Waals surface area (Å²) in [4.78, 5) is 13.6. The van der Waals surface area contributed by atoms with Gasteiger partial charge in [0.15, 0.2) is 0 Å². The fraction of sp³-hybridized carbons (Fsp3) is 0.923. The van der Waals surface area contributed by atoms with Crippen LogP contribution in [0.2, 0.25) is 0 Å². The Bertz CT molecular complexity index is 264. The Labute approximate surface area is 103 Å². The third-order valence-electron chi connectivity index (χ3n) is 4.30. The highest BCUT2D eigenvalue weighted by Gasteiger charge is 2.33. The van der Waals surface area contributed by atoms with Crippen LogP contribution in [0.3, 0.4) is 0 Å². The zero-order valence-corrected chi connectivity index (χ0v) is 10.7. The number of hydrogen-bond donors (Lipinski definition) is 2. The largest absolute Gasteiger partial charge is 0.481 e. The van der Waals surface area contributed by atoms with Gasteiger partial charge in [-0.3, -0.25) is 4.79 Å². The Morgan fingerprint density at radius 1 is 1.41 bits per heavy atom. The minimum atomic E-state index is -0.629. The molecular formula is C13H24N2O2. The van der Waals surface area contributed by atoms with E-state index in [0.717, 1.165) is 19.5 Å². The molecule has 1 aliphatic heterocycles. The molecule has 2 unspecified atom stereocenters. The van der Waals surface area contributed by atoms with Gasteiger partial charge in [0.05, 0.1) is 5.92 Å². The first-order chi connectivity index (χ1) is 8.16. The minimum Gasteiger partial charge on any atom is -0.481 e. The van der Waals surface area contributed by atoms with E-state index in [-0.39, 0.29) is 5.92 Å². The van der Waals surface area contributed by atoms with Crippen LogP contribution in [0.15, 0.2) is 0 Å². The lowest BCUT2D eigenvalue weighted by atomic mass is 9.91. The van der Waals surface area contributed by atoms with Gasteiger partial charge in [-0.2, -0.15) is 0 Å². The van der Waals surface area contributed by atoms with Gasteiger partial charge in [0, 0.05) is 19.1 Å². The molecule has 0 amide bonds. The van der Waals surface area contributed by atoms with Crippen molar-refractivity contribution < 1.29 is 9.90 Å². The normalized spacial score (nSPS) is 28.6. The number of carboxylic acids is 1. The van der Waals surface area contributed by atoms with Crippen molar-refractivity contribution >= 4 is 5.97 Å². The number of rotatable bonds is 5. The average Bonchev–Trinajstić information content (AvgIpc) is 2.90. The molecule has 0 aromatic carbocycles. The molecule has 4 nitrogen and oxygen atoms in total. The van der Waals surface area contributed by atoms with Gasteiger partial charge in [-0.1, -0.05) is 12.8 Å². The molecule has 1 aliphatic carbocycles. The van der Waals surface area contributed by atoms with Crippen LogP contribution in [0.4, 0.5) is 0 Å². The lowest BCUT2D eigenvalue weighted by Gasteiger charge is -2.22. The Kier molecular flexibility index (Phi) is 4.40. The topological polar surface area (TPSA) is 52.6 Å². The van der Waals surface area contributed by atoms with Gasteiger partial charge in [0.2, 0.25) is 0 Å². The van der Waals surface area contributed by atoms with E-state index in [1.165, 1.54) is 25.7 Å². The standard InChI is InChI=1S/C13H24N2O2/c1-15-7-6-10(9-15)12(13(16)17)8-14-11-4-2-3-5-11/h10-12,14H,2-9H2,1H3,(H,16,17). The van der Waals surface area contributed by atoms with Gasteiger partial charge in [0.25, 0.3) is 0 Å². The third kappa shape index (κ3) is 3.42. The molecule has 2 fully saturated rings. The van der Waals surface area contributed by atoms with Crippen LogP contribution in [0, 0.1) is 11.8 Å². The molecule has 1 heterocycles. The Hall–Kier alpha value is -0.610. The van der Waals surface area contributed by atoms with Crippen molar-refractivity contribution in [1.82, 2.24) is 10.2 Å². The van der Waals surface area contributed by atoms with Gasteiger partial charge in [0.1, 0.15) is 0 Å². The number of likely N-dealkylation sites (tertiary alicyclic amines) is 1. The zero-order valence-electron chi connectivity index (χ0n) is 10.7. The molecule has 0 radical (unpaired) electrons. The van der Waals surface area contributed by atoms with Crippen molar-refractivity contribution in [3.05, 3.63) is 0 Å². The van der Waals surface area contributed by atoms with Crippen molar-refractivity contribution in [3.8, 4) is 0 Å². The summed E-state index contributed by atoms with van der Waals surface area (Å²) < 4.78 is 0. The molecule has 1 saturated carbocycles. The summed E-state index contributed by atoms with van der Waals surface area (Å²) in [5.74, 6) is -0.511. The maximum atomic E-state index is 11.3. The smallest absolute Gasteiger partial charge is 0.308 e. The highest BCUT2D eigenvalue weighted by Crippen LogP contribution is 2.24. The van der Waals surface area contributed by atoms with Crippen molar-refractivity contribution in [2.45, 2.75) is 38.1 Å². The Balaban J connectivity index is 1.82. The molecule has 4 heteroatoms. The molecular weight excluding hydrogens is 216 g/mol. The monoisotopic (exact) mass is 240 g/mol. The number of hydrogen-bond acceptors (Lipinski definition) is 3. The summed E-state index contributed by atoms with van der Waals surface area (Å²) in [5, 5.41) is 12.8. The summed E-state index contributed by atoms with van der Waals surface area (Å²) in [7, 11) is 2.07. The first kappa shape index (κ1) is 12.8. The van der Waals surface area contributed by atoms with Crippen molar-refractivity contribution in [2.24, 2.45) is 11.8 Å². The number of carbonyl (C=O) groups is 1. The fourth-order valence-electron chi connectivity index (χ4n) is 3.18. The van der Waals surface area contributed by atoms with Crippen molar-refractivity contribution in [1.29, 1.82) is 0 Å². The highest BCUT2D eigenvalue weighted by molar-refractivity contribution is 5.70. The van der Waals surface area contributed by atoms with Crippen LogP contribution in [0.25, 0.3) is 0 Å². The minimum absolute atomic E-state index is 0.208. The van der Waals surface area contributed by atoms with E-state index >= 15 is 0 Å². The zero-order chi connectivity index (χ0) is 12.3. The first-order valence-corrected chi connectivity index (χ1v) is 6.81. The number of carboxylic acid groups (broad SMARTS) is 1. The van der Waals surface area contributed by atoms with Crippen LogP contribution < -0.4 is 5.32 Å². The molecule has 17 heavy (non-hydrogen) atoms. The van der Waals surface area contributed by atoms with Crippen LogP contribution in [0.1, 0.15) is 32.1 Å². The van der Waals surface area contributed by atoms with Crippen LogP contribution in [-0.4, -0.2) is 48.7 Å². The SMILES string of the molecule is CN1CCC(C(CNC2CCCC2)C(=O)O)C1. The second-order valence-corrected chi connectivity index (χ2v) is 5.65. The number of aliphatic carboxylic acids is 1. The summed E-state index contributed by atoms with van der Waals surface area (Å²) in [6, 6.07) is 0.566. The van der Waals surface area contributed by atoms with E-state index in [9.17, 15) is 9.90 Å². The average molecular weight is 240 g/mol. The van der Waals surface area contributed by atoms with E-state index in [1.54, 1.807) is 0 Å².